The second-order valence-corrected chi connectivity index (χ2v) is 6.31. The summed E-state index contributed by atoms with van der Waals surface area (Å²) in [6.45, 7) is 2.05. The van der Waals surface area contributed by atoms with Crippen LogP contribution in [-0.4, -0.2) is 17.7 Å². The van der Waals surface area contributed by atoms with Gasteiger partial charge in [0.15, 0.2) is 0 Å². The minimum atomic E-state index is -0.563. The maximum absolute atomic E-state index is 12.5. The van der Waals surface area contributed by atoms with E-state index in [1.807, 2.05) is 0 Å². The highest BCUT2D eigenvalue weighted by molar-refractivity contribution is 5.84. The van der Waals surface area contributed by atoms with Crippen molar-refractivity contribution in [2.45, 2.75) is 44.9 Å². The second kappa shape index (κ2) is 7.07. The van der Waals surface area contributed by atoms with Crippen LogP contribution >= 0.6 is 0 Å². The van der Waals surface area contributed by atoms with Crippen LogP contribution in [0.1, 0.15) is 50.5 Å². The van der Waals surface area contributed by atoms with E-state index in [-0.39, 0.29) is 35.5 Å². The van der Waals surface area contributed by atoms with Gasteiger partial charge in [0.1, 0.15) is 11.3 Å². The van der Waals surface area contributed by atoms with E-state index in [1.165, 1.54) is 0 Å². The molecule has 1 aliphatic rings. The van der Waals surface area contributed by atoms with Crippen LogP contribution in [0.25, 0.3) is 11.0 Å². The van der Waals surface area contributed by atoms with E-state index in [1.54, 1.807) is 31.2 Å². The van der Waals surface area contributed by atoms with Crippen molar-refractivity contribution in [3.63, 3.8) is 0 Å². The third-order valence-corrected chi connectivity index (χ3v) is 4.85. The molecular weight excluding hydrogens is 308 g/mol. The lowest BCUT2D eigenvalue weighted by molar-refractivity contribution is -0.143. The van der Waals surface area contributed by atoms with Gasteiger partial charge in [-0.3, -0.25) is 4.79 Å². The molecule has 1 saturated carbocycles. The zero-order valence-corrected chi connectivity index (χ0v) is 13.8. The van der Waals surface area contributed by atoms with Crippen LogP contribution in [0, 0.1) is 5.92 Å². The minimum absolute atomic E-state index is 0.0666. The van der Waals surface area contributed by atoms with Crippen LogP contribution in [0.15, 0.2) is 33.5 Å². The van der Waals surface area contributed by atoms with Crippen LogP contribution in [-0.2, 0) is 9.53 Å². The van der Waals surface area contributed by atoms with Gasteiger partial charge in [-0.15, -0.1) is 0 Å². The minimum Gasteiger partial charge on any atom is -0.507 e. The maximum Gasteiger partial charge on any atom is 0.343 e. The summed E-state index contributed by atoms with van der Waals surface area (Å²) in [4.78, 5) is 24.5. The number of rotatable bonds is 5. The van der Waals surface area contributed by atoms with Gasteiger partial charge in [0.05, 0.1) is 24.0 Å². The van der Waals surface area contributed by atoms with Crippen LogP contribution in [0.5, 0.6) is 5.75 Å². The molecule has 1 aromatic carbocycles. The van der Waals surface area contributed by atoms with Gasteiger partial charge in [-0.1, -0.05) is 25.0 Å². The number of hydrogen-bond acceptors (Lipinski definition) is 5. The molecule has 0 bridgehead atoms. The molecule has 1 aromatic heterocycles. The summed E-state index contributed by atoms with van der Waals surface area (Å²) in [5.74, 6) is -0.596. The largest absolute Gasteiger partial charge is 0.507 e. The lowest BCUT2D eigenvalue weighted by Gasteiger charge is -2.23. The summed E-state index contributed by atoms with van der Waals surface area (Å²) < 4.78 is 10.5. The number of esters is 1. The molecule has 5 nitrogen and oxygen atoms in total. The molecule has 24 heavy (non-hydrogen) atoms. The topological polar surface area (TPSA) is 76.7 Å². The van der Waals surface area contributed by atoms with Gasteiger partial charge in [-0.2, -0.15) is 0 Å². The summed E-state index contributed by atoms with van der Waals surface area (Å²) in [5.41, 5.74) is 0.00566. The predicted octanol–water partition coefficient (Wildman–Crippen LogP) is 3.73. The Bertz CT molecular complexity index is 786. The molecule has 3 rings (SSSR count). The SMILES string of the molecule is CCOC(=O)CC(c1c(O)c2ccccc2oc1=O)C1CCCC1. The van der Waals surface area contributed by atoms with Crippen molar-refractivity contribution in [3.8, 4) is 5.75 Å². The first-order valence-corrected chi connectivity index (χ1v) is 8.52. The van der Waals surface area contributed by atoms with E-state index in [4.69, 9.17) is 9.15 Å². The molecule has 1 atom stereocenters. The highest BCUT2D eigenvalue weighted by atomic mass is 16.5. The Morgan fingerprint density at radius 2 is 2.04 bits per heavy atom. The zero-order valence-electron chi connectivity index (χ0n) is 13.8. The summed E-state index contributed by atoms with van der Waals surface area (Å²) in [6.07, 6.45) is 4.12. The van der Waals surface area contributed by atoms with E-state index in [0.29, 0.717) is 17.6 Å². The monoisotopic (exact) mass is 330 g/mol. The molecule has 1 unspecified atom stereocenters. The Balaban J connectivity index is 2.07. The Morgan fingerprint density at radius 1 is 1.33 bits per heavy atom. The van der Waals surface area contributed by atoms with Gasteiger partial charge in [0.25, 0.3) is 0 Å². The number of aromatic hydroxyl groups is 1. The van der Waals surface area contributed by atoms with Gasteiger partial charge < -0.3 is 14.3 Å². The first-order valence-electron chi connectivity index (χ1n) is 8.52. The van der Waals surface area contributed by atoms with Gasteiger partial charge in [-0.05, 0) is 37.8 Å². The van der Waals surface area contributed by atoms with Crippen LogP contribution in [0.4, 0.5) is 0 Å². The molecule has 1 fully saturated rings. The molecule has 0 spiro atoms. The Hall–Kier alpha value is -2.30. The zero-order chi connectivity index (χ0) is 17.1. The number of para-hydroxylation sites is 1. The summed E-state index contributed by atoms with van der Waals surface area (Å²) in [5, 5.41) is 11.2. The van der Waals surface area contributed by atoms with Crippen LogP contribution in [0.2, 0.25) is 0 Å². The third kappa shape index (κ3) is 3.16. The molecule has 1 aliphatic carbocycles. The van der Waals surface area contributed by atoms with Gasteiger partial charge >= 0.3 is 11.6 Å². The normalized spacial score (nSPS) is 16.4. The third-order valence-electron chi connectivity index (χ3n) is 4.85. The predicted molar refractivity (Wildman–Crippen MR) is 90.1 cm³/mol. The van der Waals surface area contributed by atoms with Crippen molar-refractivity contribution >= 4 is 16.9 Å². The van der Waals surface area contributed by atoms with E-state index >= 15 is 0 Å². The molecule has 0 amide bonds. The van der Waals surface area contributed by atoms with Crippen molar-refractivity contribution in [3.05, 3.63) is 40.2 Å². The van der Waals surface area contributed by atoms with E-state index in [9.17, 15) is 14.7 Å². The lowest BCUT2D eigenvalue weighted by atomic mass is 9.82. The number of carbonyl (C=O) groups is 1. The lowest BCUT2D eigenvalue weighted by Crippen LogP contribution is -2.22. The molecule has 128 valence electrons. The van der Waals surface area contributed by atoms with Crippen LogP contribution in [0.3, 0.4) is 0 Å². The van der Waals surface area contributed by atoms with Crippen molar-refractivity contribution in [1.82, 2.24) is 0 Å². The summed E-state index contributed by atoms with van der Waals surface area (Å²) in [6, 6.07) is 6.89. The molecule has 0 radical (unpaired) electrons. The Kier molecular flexibility index (Phi) is 4.88. The number of hydrogen-bond donors (Lipinski definition) is 1. The standard InChI is InChI=1S/C19H22O5/c1-2-23-16(20)11-14(12-7-3-4-8-12)17-18(21)13-9-5-6-10-15(13)24-19(17)22/h5-6,9-10,12,14,21H,2-4,7-8,11H2,1H3. The van der Waals surface area contributed by atoms with Crippen LogP contribution < -0.4 is 5.63 Å². The van der Waals surface area contributed by atoms with Crippen molar-refractivity contribution < 1.29 is 19.1 Å². The van der Waals surface area contributed by atoms with E-state index in [2.05, 4.69) is 0 Å². The fraction of sp³-hybridized carbons (Fsp3) is 0.474. The van der Waals surface area contributed by atoms with E-state index < -0.39 is 5.63 Å². The number of ether oxygens (including phenoxy) is 1. The first-order chi connectivity index (χ1) is 11.6. The number of carbonyl (C=O) groups excluding carboxylic acids is 1. The van der Waals surface area contributed by atoms with Gasteiger partial charge in [0, 0.05) is 5.92 Å². The first kappa shape index (κ1) is 16.6. The molecule has 2 aromatic rings. The fourth-order valence-electron chi connectivity index (χ4n) is 3.74. The average Bonchev–Trinajstić information content (AvgIpc) is 3.08. The summed E-state index contributed by atoms with van der Waals surface area (Å²) in [7, 11) is 0. The second-order valence-electron chi connectivity index (χ2n) is 6.31. The average molecular weight is 330 g/mol. The molecule has 1 heterocycles. The Labute approximate surface area is 140 Å². The highest BCUT2D eigenvalue weighted by Crippen LogP contribution is 2.42. The fourth-order valence-corrected chi connectivity index (χ4v) is 3.74. The van der Waals surface area contributed by atoms with Crippen molar-refractivity contribution in [1.29, 1.82) is 0 Å². The van der Waals surface area contributed by atoms with Crippen molar-refractivity contribution in [2.75, 3.05) is 6.61 Å². The van der Waals surface area contributed by atoms with Gasteiger partial charge in [0.2, 0.25) is 0 Å². The molecular formula is C19H22O5. The maximum atomic E-state index is 12.5. The quantitative estimate of drug-likeness (QED) is 0.668. The highest BCUT2D eigenvalue weighted by Gasteiger charge is 2.33. The van der Waals surface area contributed by atoms with E-state index in [0.717, 1.165) is 25.7 Å². The number of benzene rings is 1. The molecule has 1 N–H and O–H groups in total. The molecule has 5 heteroatoms. The molecule has 0 saturated heterocycles. The smallest absolute Gasteiger partial charge is 0.343 e. The summed E-state index contributed by atoms with van der Waals surface area (Å²) >= 11 is 0. The van der Waals surface area contributed by atoms with Gasteiger partial charge in [-0.25, -0.2) is 4.79 Å². The van der Waals surface area contributed by atoms with Crippen molar-refractivity contribution in [2.24, 2.45) is 5.92 Å². The Morgan fingerprint density at radius 3 is 2.75 bits per heavy atom. The number of fused-ring (bicyclic) bond motifs is 1. The molecule has 0 aliphatic heterocycles.